The minimum absolute atomic E-state index is 0.0179. The zero-order valence-corrected chi connectivity index (χ0v) is 16.5. The van der Waals surface area contributed by atoms with Crippen LogP contribution in [0.5, 0.6) is 17.2 Å². The lowest BCUT2D eigenvalue weighted by Crippen LogP contribution is -2.17. The molecule has 0 radical (unpaired) electrons. The zero-order chi connectivity index (χ0) is 20.4. The van der Waals surface area contributed by atoms with E-state index in [1.165, 1.54) is 33.5 Å². The maximum Gasteiger partial charge on any atom is 0.340 e. The van der Waals surface area contributed by atoms with Crippen LogP contribution in [0, 0.1) is 0 Å². The van der Waals surface area contributed by atoms with Gasteiger partial charge in [-0.25, -0.2) is 4.79 Å². The molecular weight excluding hydrogens is 362 g/mol. The Labute approximate surface area is 163 Å². The van der Waals surface area contributed by atoms with Gasteiger partial charge in [0.15, 0.2) is 11.5 Å². The second-order valence-corrected chi connectivity index (χ2v) is 6.53. The summed E-state index contributed by atoms with van der Waals surface area (Å²) in [5.41, 5.74) is 1.80. The highest BCUT2D eigenvalue weighted by Gasteiger charge is 2.31. The molecule has 1 aliphatic rings. The first-order chi connectivity index (χ1) is 13.4. The molecule has 7 nitrogen and oxygen atoms in total. The lowest BCUT2D eigenvalue weighted by atomic mass is 9.96. The molecule has 1 amide bonds. The van der Waals surface area contributed by atoms with Crippen molar-refractivity contribution in [1.29, 1.82) is 0 Å². The Morgan fingerprint density at radius 3 is 2.32 bits per heavy atom. The van der Waals surface area contributed by atoms with E-state index in [2.05, 4.69) is 12.2 Å². The molecule has 1 aliphatic heterocycles. The summed E-state index contributed by atoms with van der Waals surface area (Å²) in [6.45, 7) is 4.03. The van der Waals surface area contributed by atoms with Crippen LogP contribution in [0.15, 0.2) is 30.3 Å². The van der Waals surface area contributed by atoms with E-state index >= 15 is 0 Å². The number of hydrogen-bond donors (Lipinski definition) is 1. The van der Waals surface area contributed by atoms with Crippen LogP contribution in [0.2, 0.25) is 0 Å². The van der Waals surface area contributed by atoms with Crippen molar-refractivity contribution in [2.75, 3.05) is 26.6 Å². The Hall–Kier alpha value is -3.22. The summed E-state index contributed by atoms with van der Waals surface area (Å²) >= 11 is 0. The normalized spacial score (nSPS) is 17.3. The molecule has 2 aromatic carbocycles. The number of hydrogen-bond acceptors (Lipinski definition) is 6. The van der Waals surface area contributed by atoms with E-state index in [-0.39, 0.29) is 23.3 Å². The molecule has 0 aromatic heterocycles. The molecule has 1 N–H and O–H groups in total. The standard InChI is InChI=1S/C21H23NO6/c1-11-12(2)28-19-13(11)7-6-8-14(19)20(23)22-16-10-18(26-4)17(25-3)9-15(16)21(24)27-5/h6-12H,1-5H3,(H,22,23)/t11-,12+/m0/s1. The molecule has 0 saturated carbocycles. The van der Waals surface area contributed by atoms with Crippen molar-refractivity contribution in [2.24, 2.45) is 0 Å². The van der Waals surface area contributed by atoms with E-state index in [0.717, 1.165) is 5.56 Å². The molecule has 1 heterocycles. The van der Waals surface area contributed by atoms with E-state index in [9.17, 15) is 9.59 Å². The second kappa shape index (κ2) is 7.80. The van der Waals surface area contributed by atoms with Crippen LogP contribution in [-0.4, -0.2) is 39.3 Å². The van der Waals surface area contributed by atoms with E-state index < -0.39 is 11.9 Å². The summed E-state index contributed by atoms with van der Waals surface area (Å²) in [7, 11) is 4.21. The predicted molar refractivity (Wildman–Crippen MR) is 104 cm³/mol. The first-order valence-electron chi connectivity index (χ1n) is 8.86. The van der Waals surface area contributed by atoms with E-state index in [1.54, 1.807) is 6.07 Å². The van der Waals surface area contributed by atoms with Crippen LogP contribution in [0.3, 0.4) is 0 Å². The van der Waals surface area contributed by atoms with Crippen molar-refractivity contribution in [3.63, 3.8) is 0 Å². The molecule has 28 heavy (non-hydrogen) atoms. The van der Waals surface area contributed by atoms with Gasteiger partial charge < -0.3 is 24.3 Å². The number of carbonyl (C=O) groups excluding carboxylic acids is 2. The SMILES string of the molecule is COC(=O)c1cc(OC)c(OC)cc1NC(=O)c1cccc2c1O[C@H](C)[C@@H]2C. The fourth-order valence-corrected chi connectivity index (χ4v) is 3.22. The lowest BCUT2D eigenvalue weighted by Gasteiger charge is -2.15. The molecule has 0 spiro atoms. The number of methoxy groups -OCH3 is 3. The van der Waals surface area contributed by atoms with Crippen molar-refractivity contribution in [3.8, 4) is 17.2 Å². The Kier molecular flexibility index (Phi) is 5.44. The number of rotatable bonds is 5. The fourth-order valence-electron chi connectivity index (χ4n) is 3.22. The number of fused-ring (bicyclic) bond motifs is 1. The first kappa shape index (κ1) is 19.5. The topological polar surface area (TPSA) is 83.1 Å². The molecular formula is C21H23NO6. The molecule has 0 saturated heterocycles. The summed E-state index contributed by atoms with van der Waals surface area (Å²) < 4.78 is 21.2. The molecule has 2 atom stereocenters. The van der Waals surface area contributed by atoms with Crippen molar-refractivity contribution in [1.82, 2.24) is 0 Å². The average molecular weight is 385 g/mol. The van der Waals surface area contributed by atoms with Crippen LogP contribution in [-0.2, 0) is 4.74 Å². The summed E-state index contributed by atoms with van der Waals surface area (Å²) in [6.07, 6.45) is -0.0179. The van der Waals surface area contributed by atoms with Crippen molar-refractivity contribution in [2.45, 2.75) is 25.9 Å². The average Bonchev–Trinajstić information content (AvgIpc) is 3.00. The molecule has 3 rings (SSSR count). The van der Waals surface area contributed by atoms with Gasteiger partial charge in [0.2, 0.25) is 0 Å². The largest absolute Gasteiger partial charge is 0.493 e. The van der Waals surface area contributed by atoms with Crippen LogP contribution in [0.25, 0.3) is 0 Å². The Bertz CT molecular complexity index is 923. The number of nitrogens with one attached hydrogen (secondary N) is 1. The van der Waals surface area contributed by atoms with Gasteiger partial charge in [-0.3, -0.25) is 4.79 Å². The van der Waals surface area contributed by atoms with Gasteiger partial charge in [0.25, 0.3) is 5.91 Å². The third-order valence-corrected chi connectivity index (χ3v) is 4.97. The van der Waals surface area contributed by atoms with Gasteiger partial charge in [-0.1, -0.05) is 19.1 Å². The minimum atomic E-state index is -0.604. The molecule has 7 heteroatoms. The summed E-state index contributed by atoms with van der Waals surface area (Å²) in [5, 5.41) is 2.77. The maximum absolute atomic E-state index is 13.0. The number of carbonyl (C=O) groups is 2. The van der Waals surface area contributed by atoms with Crippen molar-refractivity contribution in [3.05, 3.63) is 47.0 Å². The summed E-state index contributed by atoms with van der Waals surface area (Å²) in [4.78, 5) is 25.2. The van der Waals surface area contributed by atoms with Crippen LogP contribution < -0.4 is 19.5 Å². The van der Waals surface area contributed by atoms with Gasteiger partial charge in [-0.05, 0) is 13.0 Å². The van der Waals surface area contributed by atoms with Gasteiger partial charge in [0, 0.05) is 23.6 Å². The molecule has 0 aliphatic carbocycles. The van der Waals surface area contributed by atoms with E-state index in [1.807, 2.05) is 19.1 Å². The number of amides is 1. The van der Waals surface area contributed by atoms with E-state index in [4.69, 9.17) is 18.9 Å². The molecule has 0 unspecified atom stereocenters. The van der Waals surface area contributed by atoms with Crippen molar-refractivity contribution >= 4 is 17.6 Å². The number of benzene rings is 2. The van der Waals surface area contributed by atoms with Gasteiger partial charge in [0.1, 0.15) is 11.9 Å². The van der Waals surface area contributed by atoms with Crippen LogP contribution >= 0.6 is 0 Å². The summed E-state index contributed by atoms with van der Waals surface area (Å²) in [6, 6.07) is 8.46. The second-order valence-electron chi connectivity index (χ2n) is 6.53. The molecule has 0 bridgehead atoms. The molecule has 0 fully saturated rings. The Balaban J connectivity index is 2.00. The first-order valence-corrected chi connectivity index (χ1v) is 8.86. The van der Waals surface area contributed by atoms with Gasteiger partial charge in [0.05, 0.1) is 38.1 Å². The highest BCUT2D eigenvalue weighted by Crippen LogP contribution is 2.41. The zero-order valence-electron chi connectivity index (χ0n) is 16.5. The number of ether oxygens (including phenoxy) is 4. The Morgan fingerprint density at radius 2 is 1.68 bits per heavy atom. The van der Waals surface area contributed by atoms with Crippen LogP contribution in [0.4, 0.5) is 5.69 Å². The number of esters is 1. The highest BCUT2D eigenvalue weighted by molar-refractivity contribution is 6.10. The van der Waals surface area contributed by atoms with Crippen molar-refractivity contribution < 1.29 is 28.5 Å². The highest BCUT2D eigenvalue weighted by atomic mass is 16.5. The smallest absolute Gasteiger partial charge is 0.340 e. The monoisotopic (exact) mass is 385 g/mol. The van der Waals surface area contributed by atoms with Crippen LogP contribution in [0.1, 0.15) is 46.0 Å². The third kappa shape index (κ3) is 3.35. The Morgan fingerprint density at radius 1 is 1.00 bits per heavy atom. The quantitative estimate of drug-likeness (QED) is 0.792. The van der Waals surface area contributed by atoms with Gasteiger partial charge in [-0.15, -0.1) is 0 Å². The maximum atomic E-state index is 13.0. The number of anilines is 1. The molecule has 148 valence electrons. The van der Waals surface area contributed by atoms with Gasteiger partial charge in [-0.2, -0.15) is 0 Å². The fraction of sp³-hybridized carbons (Fsp3) is 0.333. The minimum Gasteiger partial charge on any atom is -0.493 e. The third-order valence-electron chi connectivity index (χ3n) is 4.97. The summed E-state index contributed by atoms with van der Waals surface area (Å²) in [5.74, 6) is 0.493. The number of para-hydroxylation sites is 1. The lowest BCUT2D eigenvalue weighted by molar-refractivity contribution is 0.0601. The predicted octanol–water partition coefficient (Wildman–Crippen LogP) is 3.63. The van der Waals surface area contributed by atoms with Gasteiger partial charge >= 0.3 is 5.97 Å². The van der Waals surface area contributed by atoms with E-state index in [0.29, 0.717) is 22.8 Å². The molecule has 2 aromatic rings.